The SMILES string of the molecule is COCCNC(=O)NC1CCC(Nc2cc(NC3CC3)c3ncc(C(=O)Nc4ccnc(Cl)c4)n3n2)CC1. The van der Waals surface area contributed by atoms with E-state index in [1.807, 2.05) is 6.07 Å². The minimum absolute atomic E-state index is 0.128. The minimum atomic E-state index is -0.350. The molecule has 0 aliphatic heterocycles. The van der Waals surface area contributed by atoms with Crippen molar-refractivity contribution in [2.45, 2.75) is 56.7 Å². The van der Waals surface area contributed by atoms with Crippen LogP contribution in [0.25, 0.3) is 5.65 Å². The van der Waals surface area contributed by atoms with Crippen LogP contribution in [0, 0.1) is 0 Å². The van der Waals surface area contributed by atoms with Gasteiger partial charge >= 0.3 is 6.03 Å². The maximum absolute atomic E-state index is 13.1. The number of methoxy groups -OCH3 is 1. The van der Waals surface area contributed by atoms with Crippen LogP contribution in [0.3, 0.4) is 0 Å². The van der Waals surface area contributed by atoms with Crippen LogP contribution in [0.15, 0.2) is 30.6 Å². The van der Waals surface area contributed by atoms with Crippen LogP contribution in [0.2, 0.25) is 5.15 Å². The molecule has 2 saturated carbocycles. The second kappa shape index (κ2) is 11.8. The molecule has 3 aromatic heterocycles. The number of hydrogen-bond acceptors (Lipinski definition) is 8. The van der Waals surface area contributed by atoms with Crippen molar-refractivity contribution in [3.63, 3.8) is 0 Å². The second-order valence-electron chi connectivity index (χ2n) is 9.65. The smallest absolute Gasteiger partial charge is 0.315 e. The Morgan fingerprint density at radius 2 is 1.79 bits per heavy atom. The summed E-state index contributed by atoms with van der Waals surface area (Å²) in [5, 5.41) is 20.7. The number of hydrogen-bond donors (Lipinski definition) is 5. The molecule has 0 atom stereocenters. The Morgan fingerprint density at radius 3 is 2.53 bits per heavy atom. The summed E-state index contributed by atoms with van der Waals surface area (Å²) in [6.07, 6.45) is 8.74. The van der Waals surface area contributed by atoms with Gasteiger partial charge in [-0.25, -0.2) is 19.3 Å². The Hall–Kier alpha value is -3.64. The van der Waals surface area contributed by atoms with Gasteiger partial charge in [0.15, 0.2) is 11.3 Å². The summed E-state index contributed by atoms with van der Waals surface area (Å²) in [6.45, 7) is 0.965. The number of carbonyl (C=O) groups is 2. The summed E-state index contributed by atoms with van der Waals surface area (Å²) in [5.74, 6) is 0.311. The van der Waals surface area contributed by atoms with Gasteiger partial charge in [0, 0.05) is 49.7 Å². The summed E-state index contributed by atoms with van der Waals surface area (Å²) >= 11 is 5.96. The number of ether oxygens (including phenoxy) is 1. The van der Waals surface area contributed by atoms with Crippen molar-refractivity contribution in [1.29, 1.82) is 0 Å². The van der Waals surface area contributed by atoms with E-state index < -0.39 is 0 Å². The lowest BCUT2D eigenvalue weighted by Crippen LogP contribution is -2.45. The van der Waals surface area contributed by atoms with Gasteiger partial charge in [0.1, 0.15) is 11.0 Å². The fourth-order valence-electron chi connectivity index (χ4n) is 4.52. The van der Waals surface area contributed by atoms with Crippen LogP contribution in [-0.4, -0.2) is 69.9 Å². The first-order chi connectivity index (χ1) is 18.5. The summed E-state index contributed by atoms with van der Waals surface area (Å²) < 4.78 is 6.53. The van der Waals surface area contributed by atoms with Gasteiger partial charge in [-0.3, -0.25) is 4.79 Å². The fourth-order valence-corrected chi connectivity index (χ4v) is 4.69. The number of halogens is 1. The molecule has 12 nitrogen and oxygen atoms in total. The van der Waals surface area contributed by atoms with E-state index in [4.69, 9.17) is 21.4 Å². The molecule has 3 amide bonds. The van der Waals surface area contributed by atoms with E-state index in [1.165, 1.54) is 12.4 Å². The van der Waals surface area contributed by atoms with Gasteiger partial charge in [-0.2, -0.15) is 0 Å². The molecule has 5 N–H and O–H groups in total. The van der Waals surface area contributed by atoms with E-state index in [0.29, 0.717) is 42.0 Å². The molecule has 13 heteroatoms. The number of rotatable bonds is 10. The lowest BCUT2D eigenvalue weighted by Gasteiger charge is -2.30. The van der Waals surface area contributed by atoms with Crippen LogP contribution < -0.4 is 26.6 Å². The topological polar surface area (TPSA) is 147 Å². The van der Waals surface area contributed by atoms with E-state index in [-0.39, 0.29) is 29.2 Å². The van der Waals surface area contributed by atoms with Crippen molar-refractivity contribution >= 4 is 46.4 Å². The lowest BCUT2D eigenvalue weighted by atomic mass is 9.91. The number of anilines is 3. The maximum atomic E-state index is 13.1. The molecule has 0 bridgehead atoms. The quantitative estimate of drug-likeness (QED) is 0.194. The van der Waals surface area contributed by atoms with Crippen molar-refractivity contribution in [3.8, 4) is 0 Å². The number of imidazole rings is 1. The Morgan fingerprint density at radius 1 is 1.05 bits per heavy atom. The summed E-state index contributed by atoms with van der Waals surface area (Å²) in [6, 6.07) is 5.77. The standard InChI is InChI=1S/C25H32ClN9O3/c1-38-11-10-28-25(37)33-17-6-4-16(5-7-17)31-22-13-19(30-15-2-3-15)23-29-14-20(35(23)34-22)24(36)32-18-8-9-27-21(26)12-18/h8-9,12-17,30H,2-7,10-11H2,1H3,(H,31,34)(H,27,32,36)(H2,28,33,37). The van der Waals surface area contributed by atoms with Crippen molar-refractivity contribution < 1.29 is 14.3 Å². The van der Waals surface area contributed by atoms with Crippen LogP contribution in [-0.2, 0) is 4.74 Å². The molecular weight excluding hydrogens is 510 g/mol. The molecule has 5 rings (SSSR count). The third-order valence-corrected chi connectivity index (χ3v) is 6.83. The first-order valence-electron chi connectivity index (χ1n) is 12.9. The minimum Gasteiger partial charge on any atom is -0.383 e. The van der Waals surface area contributed by atoms with Gasteiger partial charge < -0.3 is 31.3 Å². The van der Waals surface area contributed by atoms with Gasteiger partial charge in [-0.1, -0.05) is 11.6 Å². The first-order valence-corrected chi connectivity index (χ1v) is 13.2. The van der Waals surface area contributed by atoms with E-state index in [2.05, 4.69) is 36.6 Å². The van der Waals surface area contributed by atoms with E-state index >= 15 is 0 Å². The number of fused-ring (bicyclic) bond motifs is 1. The molecule has 202 valence electrons. The van der Waals surface area contributed by atoms with Crippen LogP contribution >= 0.6 is 11.6 Å². The highest BCUT2D eigenvalue weighted by Gasteiger charge is 2.26. The lowest BCUT2D eigenvalue weighted by molar-refractivity contribution is 0.102. The molecule has 0 saturated heterocycles. The van der Waals surface area contributed by atoms with Crippen LogP contribution in [0.1, 0.15) is 49.0 Å². The molecule has 2 aliphatic carbocycles. The molecule has 2 fully saturated rings. The molecule has 0 radical (unpaired) electrons. The number of urea groups is 1. The number of amides is 3. The van der Waals surface area contributed by atoms with Gasteiger partial charge in [0.2, 0.25) is 0 Å². The van der Waals surface area contributed by atoms with Crippen LogP contribution in [0.4, 0.5) is 22.0 Å². The largest absolute Gasteiger partial charge is 0.383 e. The molecule has 0 unspecified atom stereocenters. The normalized spacial score (nSPS) is 19.1. The number of aromatic nitrogens is 4. The first kappa shape index (κ1) is 26.0. The van der Waals surface area contributed by atoms with Gasteiger partial charge in [0.05, 0.1) is 18.5 Å². The number of carbonyl (C=O) groups excluding carboxylic acids is 2. The monoisotopic (exact) mass is 541 g/mol. The zero-order chi connectivity index (χ0) is 26.5. The predicted molar refractivity (Wildman–Crippen MR) is 145 cm³/mol. The van der Waals surface area contributed by atoms with E-state index in [9.17, 15) is 9.59 Å². The third-order valence-electron chi connectivity index (χ3n) is 6.63. The Kier molecular flexibility index (Phi) is 8.08. The van der Waals surface area contributed by atoms with Crippen molar-refractivity contribution in [3.05, 3.63) is 41.4 Å². The Bertz CT molecular complexity index is 1290. The molecule has 0 spiro atoms. The number of pyridine rings is 1. The molecule has 38 heavy (non-hydrogen) atoms. The highest BCUT2D eigenvalue weighted by molar-refractivity contribution is 6.29. The molecule has 3 aromatic rings. The second-order valence-corrected chi connectivity index (χ2v) is 10.0. The zero-order valence-electron chi connectivity index (χ0n) is 21.2. The van der Waals surface area contributed by atoms with Crippen molar-refractivity contribution in [1.82, 2.24) is 30.2 Å². The van der Waals surface area contributed by atoms with Gasteiger partial charge in [-0.05, 0) is 50.7 Å². The molecule has 0 aromatic carbocycles. The number of nitrogens with one attached hydrogen (secondary N) is 5. The molecular formula is C25H32ClN9O3. The maximum Gasteiger partial charge on any atom is 0.315 e. The van der Waals surface area contributed by atoms with Crippen LogP contribution in [0.5, 0.6) is 0 Å². The average molecular weight is 542 g/mol. The third kappa shape index (κ3) is 6.62. The summed E-state index contributed by atoms with van der Waals surface area (Å²) in [4.78, 5) is 33.6. The van der Waals surface area contributed by atoms with Crippen molar-refractivity contribution in [2.24, 2.45) is 0 Å². The highest BCUT2D eigenvalue weighted by atomic mass is 35.5. The highest BCUT2D eigenvalue weighted by Crippen LogP contribution is 2.30. The predicted octanol–water partition coefficient (Wildman–Crippen LogP) is 3.27. The summed E-state index contributed by atoms with van der Waals surface area (Å²) in [5.41, 5.74) is 2.27. The van der Waals surface area contributed by atoms with Crippen molar-refractivity contribution in [2.75, 3.05) is 36.2 Å². The zero-order valence-corrected chi connectivity index (χ0v) is 21.9. The Labute approximate surface area is 225 Å². The molecule has 3 heterocycles. The Balaban J connectivity index is 1.27. The van der Waals surface area contributed by atoms with E-state index in [0.717, 1.165) is 44.2 Å². The van der Waals surface area contributed by atoms with E-state index in [1.54, 1.807) is 23.8 Å². The van der Waals surface area contributed by atoms with Gasteiger partial charge in [0.25, 0.3) is 5.91 Å². The molecule has 2 aliphatic rings. The number of nitrogens with zero attached hydrogens (tertiary/aromatic N) is 4. The fraction of sp³-hybridized carbons (Fsp3) is 0.480. The van der Waals surface area contributed by atoms with Gasteiger partial charge in [-0.15, -0.1) is 5.10 Å². The summed E-state index contributed by atoms with van der Waals surface area (Å²) in [7, 11) is 1.60. The average Bonchev–Trinajstić information content (AvgIpc) is 3.60.